The molecule has 0 bridgehead atoms. The van der Waals surface area contributed by atoms with E-state index >= 15 is 0 Å². The number of hydrogen-bond donors (Lipinski definition) is 1. The summed E-state index contributed by atoms with van der Waals surface area (Å²) in [6, 6.07) is 6.37. The lowest BCUT2D eigenvalue weighted by molar-refractivity contribution is 0.436. The number of aryl methyl sites for hydroxylation is 1. The number of rotatable bonds is 3. The number of hydrogen-bond acceptors (Lipinski definition) is 3. The highest BCUT2D eigenvalue weighted by Crippen LogP contribution is 2.29. The number of aromatic nitrogens is 1. The zero-order valence-corrected chi connectivity index (χ0v) is 11.4. The van der Waals surface area contributed by atoms with E-state index in [4.69, 9.17) is 10.5 Å². The Hall–Kier alpha value is -1.46. The minimum Gasteiger partial charge on any atom is -0.454 e. The van der Waals surface area contributed by atoms with Gasteiger partial charge in [0.25, 0.3) is 0 Å². The van der Waals surface area contributed by atoms with Crippen LogP contribution in [0, 0.1) is 12.7 Å². The van der Waals surface area contributed by atoms with Gasteiger partial charge in [0.15, 0.2) is 11.6 Å². The molecule has 3 nitrogen and oxygen atoms in total. The maximum absolute atomic E-state index is 13.7. The fraction of sp³-hybridized carbons (Fsp3) is 0.154. The zero-order valence-electron chi connectivity index (χ0n) is 9.78. The molecule has 0 atom stereocenters. The molecule has 0 aliphatic carbocycles. The summed E-state index contributed by atoms with van der Waals surface area (Å²) in [5.74, 6) is 0.270. The third-order valence-corrected chi connectivity index (χ3v) is 2.91. The van der Waals surface area contributed by atoms with E-state index in [1.54, 1.807) is 24.4 Å². The highest BCUT2D eigenvalue weighted by molar-refractivity contribution is 9.10. The summed E-state index contributed by atoms with van der Waals surface area (Å²) < 4.78 is 19.9. The van der Waals surface area contributed by atoms with Crippen LogP contribution in [0.15, 0.2) is 34.9 Å². The normalized spacial score (nSPS) is 10.4. The van der Waals surface area contributed by atoms with Gasteiger partial charge in [0.05, 0.1) is 0 Å². The molecular formula is C13H12BrFN2O. The Morgan fingerprint density at radius 2 is 2.11 bits per heavy atom. The second kappa shape index (κ2) is 5.46. The van der Waals surface area contributed by atoms with Crippen LogP contribution in [-0.2, 0) is 6.54 Å². The molecule has 0 unspecified atom stereocenters. The van der Waals surface area contributed by atoms with Crippen molar-refractivity contribution in [1.29, 1.82) is 0 Å². The number of nitrogens with two attached hydrogens (primary N) is 1. The maximum atomic E-state index is 13.7. The minimum atomic E-state index is -0.429. The number of ether oxygens (including phenoxy) is 1. The molecule has 0 amide bonds. The molecule has 2 rings (SSSR count). The molecule has 0 aliphatic heterocycles. The molecule has 1 aromatic carbocycles. The van der Waals surface area contributed by atoms with Gasteiger partial charge >= 0.3 is 0 Å². The molecule has 18 heavy (non-hydrogen) atoms. The molecule has 0 aliphatic rings. The van der Waals surface area contributed by atoms with Crippen LogP contribution >= 0.6 is 15.9 Å². The van der Waals surface area contributed by atoms with Crippen molar-refractivity contribution in [2.45, 2.75) is 13.5 Å². The molecular weight excluding hydrogens is 299 g/mol. The van der Waals surface area contributed by atoms with Crippen LogP contribution in [0.25, 0.3) is 0 Å². The first-order valence-corrected chi connectivity index (χ1v) is 6.18. The van der Waals surface area contributed by atoms with Crippen LogP contribution in [0.3, 0.4) is 0 Å². The van der Waals surface area contributed by atoms with Gasteiger partial charge in [0.2, 0.25) is 0 Å². The lowest BCUT2D eigenvalue weighted by Crippen LogP contribution is -2.01. The van der Waals surface area contributed by atoms with Crippen molar-refractivity contribution >= 4 is 15.9 Å². The summed E-state index contributed by atoms with van der Waals surface area (Å²) >= 11 is 3.20. The van der Waals surface area contributed by atoms with E-state index in [1.807, 2.05) is 6.92 Å². The highest BCUT2D eigenvalue weighted by Gasteiger charge is 2.09. The van der Waals surface area contributed by atoms with Gasteiger partial charge in [0.1, 0.15) is 5.75 Å². The van der Waals surface area contributed by atoms with Crippen LogP contribution in [0.5, 0.6) is 11.5 Å². The lowest BCUT2D eigenvalue weighted by Gasteiger charge is -2.11. The fourth-order valence-electron chi connectivity index (χ4n) is 1.49. The second-order valence-corrected chi connectivity index (χ2v) is 4.73. The van der Waals surface area contributed by atoms with Gasteiger partial charge in [-0.25, -0.2) is 4.39 Å². The molecule has 5 heteroatoms. The first-order chi connectivity index (χ1) is 8.60. The SMILES string of the molecule is Cc1cc(Oc2ccc(Br)cc2F)c(CN)cn1. The molecule has 94 valence electrons. The largest absolute Gasteiger partial charge is 0.454 e. The van der Waals surface area contributed by atoms with Crippen molar-refractivity contribution in [1.82, 2.24) is 4.98 Å². The average molecular weight is 311 g/mol. The van der Waals surface area contributed by atoms with Gasteiger partial charge in [-0.1, -0.05) is 15.9 Å². The van der Waals surface area contributed by atoms with Gasteiger partial charge in [-0.2, -0.15) is 0 Å². The number of nitrogens with zero attached hydrogens (tertiary/aromatic N) is 1. The molecule has 0 saturated heterocycles. The quantitative estimate of drug-likeness (QED) is 0.943. The fourth-order valence-corrected chi connectivity index (χ4v) is 1.82. The van der Waals surface area contributed by atoms with Crippen molar-refractivity contribution in [3.63, 3.8) is 0 Å². The van der Waals surface area contributed by atoms with E-state index in [0.29, 0.717) is 16.8 Å². The van der Waals surface area contributed by atoms with Crippen LogP contribution in [0.4, 0.5) is 4.39 Å². The Balaban J connectivity index is 2.36. The summed E-state index contributed by atoms with van der Waals surface area (Å²) in [4.78, 5) is 4.13. The standard InChI is InChI=1S/C13H12BrFN2O/c1-8-4-13(9(6-16)7-17-8)18-12-3-2-10(14)5-11(12)15/h2-5,7H,6,16H2,1H3. The Labute approximate surface area is 113 Å². The van der Waals surface area contributed by atoms with Crippen LogP contribution in [0.2, 0.25) is 0 Å². The van der Waals surface area contributed by atoms with E-state index < -0.39 is 5.82 Å². The summed E-state index contributed by atoms with van der Waals surface area (Å²) in [5, 5.41) is 0. The van der Waals surface area contributed by atoms with Crippen molar-refractivity contribution in [3.8, 4) is 11.5 Å². The van der Waals surface area contributed by atoms with Gasteiger partial charge in [-0.3, -0.25) is 4.98 Å². The van der Waals surface area contributed by atoms with Gasteiger partial charge in [-0.15, -0.1) is 0 Å². The number of benzene rings is 1. The van der Waals surface area contributed by atoms with Gasteiger partial charge in [-0.05, 0) is 25.1 Å². The van der Waals surface area contributed by atoms with Crippen molar-refractivity contribution in [2.75, 3.05) is 0 Å². The lowest BCUT2D eigenvalue weighted by atomic mass is 10.2. The summed E-state index contributed by atoms with van der Waals surface area (Å²) in [5.41, 5.74) is 7.13. The molecule has 0 spiro atoms. The molecule has 0 fully saturated rings. The topological polar surface area (TPSA) is 48.1 Å². The Kier molecular flexibility index (Phi) is 3.93. The van der Waals surface area contributed by atoms with E-state index in [9.17, 15) is 4.39 Å². The van der Waals surface area contributed by atoms with E-state index in [0.717, 1.165) is 11.3 Å². The predicted molar refractivity (Wildman–Crippen MR) is 71.0 cm³/mol. The van der Waals surface area contributed by atoms with Gasteiger partial charge < -0.3 is 10.5 Å². The summed E-state index contributed by atoms with van der Waals surface area (Å²) in [6.45, 7) is 2.13. The third kappa shape index (κ3) is 2.86. The number of halogens is 2. The Morgan fingerprint density at radius 1 is 1.33 bits per heavy atom. The summed E-state index contributed by atoms with van der Waals surface area (Å²) in [6.07, 6.45) is 1.64. The first kappa shape index (κ1) is 13.0. The van der Waals surface area contributed by atoms with E-state index in [1.165, 1.54) is 6.07 Å². The third-order valence-electron chi connectivity index (χ3n) is 2.41. The van der Waals surface area contributed by atoms with Crippen LogP contribution < -0.4 is 10.5 Å². The second-order valence-electron chi connectivity index (χ2n) is 3.81. The Morgan fingerprint density at radius 3 is 2.78 bits per heavy atom. The highest BCUT2D eigenvalue weighted by atomic mass is 79.9. The maximum Gasteiger partial charge on any atom is 0.166 e. The van der Waals surface area contributed by atoms with Gasteiger partial charge in [0, 0.05) is 34.5 Å². The molecule has 1 aromatic heterocycles. The van der Waals surface area contributed by atoms with Crippen molar-refractivity contribution in [3.05, 3.63) is 52.0 Å². The van der Waals surface area contributed by atoms with Crippen LogP contribution in [0.1, 0.15) is 11.3 Å². The molecule has 1 heterocycles. The molecule has 2 N–H and O–H groups in total. The zero-order chi connectivity index (χ0) is 13.1. The minimum absolute atomic E-state index is 0.165. The Bertz CT molecular complexity index is 575. The monoisotopic (exact) mass is 310 g/mol. The van der Waals surface area contributed by atoms with Crippen LogP contribution in [-0.4, -0.2) is 4.98 Å². The number of pyridine rings is 1. The summed E-state index contributed by atoms with van der Waals surface area (Å²) in [7, 11) is 0. The molecule has 2 aromatic rings. The van der Waals surface area contributed by atoms with Crippen molar-refractivity contribution < 1.29 is 9.13 Å². The first-order valence-electron chi connectivity index (χ1n) is 5.38. The molecule has 0 saturated carbocycles. The molecule has 0 radical (unpaired) electrons. The van der Waals surface area contributed by atoms with Crippen molar-refractivity contribution in [2.24, 2.45) is 5.73 Å². The smallest absolute Gasteiger partial charge is 0.166 e. The predicted octanol–water partition coefficient (Wildman–Crippen LogP) is 3.54. The van der Waals surface area contributed by atoms with E-state index in [-0.39, 0.29) is 5.75 Å². The average Bonchev–Trinajstić information content (AvgIpc) is 2.33. The van der Waals surface area contributed by atoms with E-state index in [2.05, 4.69) is 20.9 Å².